The molecule has 5 nitrogen and oxygen atoms in total. The van der Waals surface area contributed by atoms with E-state index in [2.05, 4.69) is 39.1 Å². The van der Waals surface area contributed by atoms with Crippen LogP contribution in [0.4, 0.5) is 5.95 Å². The van der Waals surface area contributed by atoms with Gasteiger partial charge < -0.3 is 15.4 Å². The molecule has 4 rings (SSSR count). The van der Waals surface area contributed by atoms with Gasteiger partial charge in [-0.25, -0.2) is 9.97 Å². The molecule has 3 heterocycles. The second-order valence-electron chi connectivity index (χ2n) is 7.23. The van der Waals surface area contributed by atoms with Gasteiger partial charge in [0.1, 0.15) is 5.75 Å². The molecule has 1 atom stereocenters. The summed E-state index contributed by atoms with van der Waals surface area (Å²) >= 11 is 0. The molecule has 0 unspecified atom stereocenters. The second-order valence-corrected chi connectivity index (χ2v) is 7.23. The number of nitrogens with two attached hydrogens (primary N) is 1. The smallest absolute Gasteiger partial charge is 0.220 e. The van der Waals surface area contributed by atoms with Crippen molar-refractivity contribution in [3.8, 4) is 5.75 Å². The van der Waals surface area contributed by atoms with E-state index in [0.717, 1.165) is 63.4 Å². The van der Waals surface area contributed by atoms with Gasteiger partial charge in [0, 0.05) is 24.4 Å². The van der Waals surface area contributed by atoms with Gasteiger partial charge in [0.05, 0.1) is 6.61 Å². The fourth-order valence-electron chi connectivity index (χ4n) is 4.11. The van der Waals surface area contributed by atoms with Crippen molar-refractivity contribution in [2.24, 2.45) is 5.92 Å². The van der Waals surface area contributed by atoms with Crippen LogP contribution in [0.2, 0.25) is 0 Å². The van der Waals surface area contributed by atoms with Crippen molar-refractivity contribution in [2.45, 2.75) is 31.6 Å². The Morgan fingerprint density at radius 2 is 1.96 bits per heavy atom. The molecule has 1 aromatic carbocycles. The Morgan fingerprint density at radius 1 is 1.12 bits per heavy atom. The summed E-state index contributed by atoms with van der Waals surface area (Å²) in [5.41, 5.74) is 8.18. The summed E-state index contributed by atoms with van der Waals surface area (Å²) in [5, 5.41) is 0. The highest BCUT2D eigenvalue weighted by Crippen LogP contribution is 2.30. The summed E-state index contributed by atoms with van der Waals surface area (Å²) in [6.45, 7) is 4.26. The third kappa shape index (κ3) is 3.93. The van der Waals surface area contributed by atoms with E-state index in [-0.39, 0.29) is 0 Å². The number of ether oxygens (including phenoxy) is 1. The number of aromatic nitrogens is 2. The van der Waals surface area contributed by atoms with Crippen LogP contribution >= 0.6 is 0 Å². The quantitative estimate of drug-likeness (QED) is 0.932. The number of hydrogen-bond acceptors (Lipinski definition) is 5. The molecule has 5 heteroatoms. The molecular weight excluding hydrogens is 312 g/mol. The molecule has 0 amide bonds. The summed E-state index contributed by atoms with van der Waals surface area (Å²) in [7, 11) is 0. The molecule has 25 heavy (non-hydrogen) atoms. The van der Waals surface area contributed by atoms with Crippen LogP contribution in [0.3, 0.4) is 0 Å². The van der Waals surface area contributed by atoms with Gasteiger partial charge in [-0.2, -0.15) is 0 Å². The van der Waals surface area contributed by atoms with E-state index >= 15 is 0 Å². The summed E-state index contributed by atoms with van der Waals surface area (Å²) in [6.07, 6.45) is 6.33. The van der Waals surface area contributed by atoms with Crippen molar-refractivity contribution in [3.63, 3.8) is 0 Å². The van der Waals surface area contributed by atoms with Crippen LogP contribution < -0.4 is 10.5 Å². The van der Waals surface area contributed by atoms with Gasteiger partial charge in [0.25, 0.3) is 0 Å². The van der Waals surface area contributed by atoms with Gasteiger partial charge in [0.15, 0.2) is 0 Å². The van der Waals surface area contributed by atoms with Gasteiger partial charge in [-0.05, 0) is 62.4 Å². The third-order valence-corrected chi connectivity index (χ3v) is 5.48. The minimum absolute atomic E-state index is 0.386. The number of fused-ring (bicyclic) bond motifs is 1. The lowest BCUT2D eigenvalue weighted by Gasteiger charge is -2.33. The first-order valence-electron chi connectivity index (χ1n) is 9.29. The lowest BCUT2D eigenvalue weighted by Crippen LogP contribution is -2.37. The second kappa shape index (κ2) is 7.40. The third-order valence-electron chi connectivity index (χ3n) is 5.48. The monoisotopic (exact) mass is 338 g/mol. The summed E-state index contributed by atoms with van der Waals surface area (Å²) in [4.78, 5) is 11.0. The molecule has 1 fully saturated rings. The van der Waals surface area contributed by atoms with Crippen LogP contribution in [0.15, 0.2) is 36.5 Å². The Morgan fingerprint density at radius 3 is 2.80 bits per heavy atom. The largest absolute Gasteiger partial charge is 0.493 e. The molecule has 0 saturated carbocycles. The molecule has 1 aromatic heterocycles. The molecule has 0 bridgehead atoms. The molecule has 1 saturated heterocycles. The average molecular weight is 338 g/mol. The van der Waals surface area contributed by atoms with Crippen molar-refractivity contribution in [2.75, 3.05) is 32.0 Å². The van der Waals surface area contributed by atoms with Gasteiger partial charge in [-0.3, -0.25) is 0 Å². The number of hydrogen-bond donors (Lipinski definition) is 1. The topological polar surface area (TPSA) is 64.3 Å². The predicted molar refractivity (Wildman–Crippen MR) is 98.6 cm³/mol. The predicted octanol–water partition coefficient (Wildman–Crippen LogP) is 2.88. The van der Waals surface area contributed by atoms with Crippen molar-refractivity contribution in [1.82, 2.24) is 14.9 Å². The molecule has 2 aliphatic heterocycles. The normalized spacial score (nSPS) is 22.0. The summed E-state index contributed by atoms with van der Waals surface area (Å²) in [5.74, 6) is 2.65. The molecule has 2 aliphatic rings. The number of likely N-dealkylation sites (tertiary alicyclic amines) is 1. The first-order chi connectivity index (χ1) is 12.3. The van der Waals surface area contributed by atoms with Gasteiger partial charge >= 0.3 is 0 Å². The highest BCUT2D eigenvalue weighted by Gasteiger charge is 2.25. The Labute approximate surface area is 149 Å². The molecule has 2 aromatic rings. The zero-order valence-corrected chi connectivity index (χ0v) is 14.6. The van der Waals surface area contributed by atoms with Crippen molar-refractivity contribution < 1.29 is 4.74 Å². The number of para-hydroxylation sites is 1. The summed E-state index contributed by atoms with van der Waals surface area (Å²) < 4.78 is 5.91. The van der Waals surface area contributed by atoms with Crippen molar-refractivity contribution >= 4 is 5.95 Å². The zero-order chi connectivity index (χ0) is 17.1. The molecule has 0 spiro atoms. The van der Waals surface area contributed by atoms with E-state index in [1.54, 1.807) is 6.20 Å². The minimum Gasteiger partial charge on any atom is -0.493 e. The fourth-order valence-corrected chi connectivity index (χ4v) is 4.11. The van der Waals surface area contributed by atoms with Crippen LogP contribution in [0.1, 0.15) is 36.4 Å². The van der Waals surface area contributed by atoms with E-state index in [1.165, 1.54) is 5.56 Å². The van der Waals surface area contributed by atoms with E-state index < -0.39 is 0 Å². The number of rotatable bonds is 3. The van der Waals surface area contributed by atoms with Crippen molar-refractivity contribution in [1.29, 1.82) is 0 Å². The summed E-state index contributed by atoms with van der Waals surface area (Å²) in [6, 6.07) is 10.5. The lowest BCUT2D eigenvalue weighted by molar-refractivity contribution is 0.171. The standard InChI is InChI=1S/C20H26N4O/c21-20-22-9-5-18(23-20)16-6-10-24(11-7-16)14-15-8-12-25-19-4-2-1-3-17(19)13-15/h1-5,9,15-16H,6-8,10-14H2,(H2,21,22,23)/t15-/m1/s1. The number of nitrogen functional groups attached to an aromatic ring is 1. The van der Waals surface area contributed by atoms with Gasteiger partial charge in [-0.15, -0.1) is 0 Å². The van der Waals surface area contributed by atoms with Crippen LogP contribution in [-0.2, 0) is 6.42 Å². The van der Waals surface area contributed by atoms with Crippen LogP contribution in [0.5, 0.6) is 5.75 Å². The first kappa shape index (κ1) is 16.3. The maximum Gasteiger partial charge on any atom is 0.220 e. The van der Waals surface area contributed by atoms with E-state index in [9.17, 15) is 0 Å². The number of benzene rings is 1. The molecular formula is C20H26N4O. The number of piperidine rings is 1. The van der Waals surface area contributed by atoms with E-state index in [0.29, 0.717) is 17.8 Å². The Kier molecular flexibility index (Phi) is 4.83. The highest BCUT2D eigenvalue weighted by molar-refractivity contribution is 5.34. The minimum atomic E-state index is 0.386. The molecule has 0 aliphatic carbocycles. The maximum absolute atomic E-state index is 5.91. The SMILES string of the molecule is Nc1nccc(C2CCN(C[C@@H]3CCOc4ccccc4C3)CC2)n1. The van der Waals surface area contributed by atoms with Crippen LogP contribution in [0.25, 0.3) is 0 Å². The molecule has 2 N–H and O–H groups in total. The fraction of sp³-hybridized carbons (Fsp3) is 0.500. The Balaban J connectivity index is 1.33. The lowest BCUT2D eigenvalue weighted by atomic mass is 9.91. The van der Waals surface area contributed by atoms with Crippen molar-refractivity contribution in [3.05, 3.63) is 47.8 Å². The number of anilines is 1. The molecule has 132 valence electrons. The van der Waals surface area contributed by atoms with Crippen LogP contribution in [0, 0.1) is 5.92 Å². The first-order valence-corrected chi connectivity index (χ1v) is 9.29. The Hall–Kier alpha value is -2.14. The molecule has 0 radical (unpaired) electrons. The van der Waals surface area contributed by atoms with Crippen LogP contribution in [-0.4, -0.2) is 41.1 Å². The number of nitrogens with zero attached hydrogens (tertiary/aromatic N) is 3. The maximum atomic E-state index is 5.91. The van der Waals surface area contributed by atoms with E-state index in [1.807, 2.05) is 6.07 Å². The van der Waals surface area contributed by atoms with E-state index in [4.69, 9.17) is 10.5 Å². The highest BCUT2D eigenvalue weighted by atomic mass is 16.5. The van der Waals surface area contributed by atoms with Gasteiger partial charge in [-0.1, -0.05) is 18.2 Å². The Bertz CT molecular complexity index is 712. The average Bonchev–Trinajstić information content (AvgIpc) is 2.84. The van der Waals surface area contributed by atoms with Gasteiger partial charge in [0.2, 0.25) is 5.95 Å². The zero-order valence-electron chi connectivity index (χ0n) is 14.6.